The summed E-state index contributed by atoms with van der Waals surface area (Å²) in [4.78, 5) is 13.0. The van der Waals surface area contributed by atoms with Gasteiger partial charge in [0.05, 0.1) is 11.0 Å². The van der Waals surface area contributed by atoms with E-state index in [1.807, 2.05) is 5.38 Å². The number of nitrogens with zero attached hydrogens (tertiary/aromatic N) is 5. The van der Waals surface area contributed by atoms with Crippen LogP contribution in [-0.4, -0.2) is 31.1 Å². The molecule has 128 valence electrons. The Labute approximate surface area is 144 Å². The van der Waals surface area contributed by atoms with Crippen molar-refractivity contribution in [2.45, 2.75) is 57.7 Å². The first-order valence-electron chi connectivity index (χ1n) is 8.60. The van der Waals surface area contributed by atoms with Crippen LogP contribution < -0.4 is 0 Å². The van der Waals surface area contributed by atoms with Crippen molar-refractivity contribution in [2.24, 2.45) is 0 Å². The van der Waals surface area contributed by atoms with Crippen molar-refractivity contribution >= 4 is 16.3 Å². The minimum absolute atomic E-state index is 0.220. The molecular formula is C16H21N5O2S. The van der Waals surface area contributed by atoms with E-state index in [0.717, 1.165) is 56.1 Å². The Balaban J connectivity index is 1.54. The van der Waals surface area contributed by atoms with E-state index < -0.39 is 0 Å². The zero-order chi connectivity index (χ0) is 16.5. The second-order valence-electron chi connectivity index (χ2n) is 6.62. The van der Waals surface area contributed by atoms with E-state index in [0.29, 0.717) is 0 Å². The molecule has 0 unspecified atom stereocenters. The molecule has 2 aromatic heterocycles. The highest BCUT2D eigenvalue weighted by molar-refractivity contribution is 7.13. The Morgan fingerprint density at radius 2 is 2.17 bits per heavy atom. The van der Waals surface area contributed by atoms with Crippen molar-refractivity contribution in [2.75, 3.05) is 6.54 Å². The van der Waals surface area contributed by atoms with Crippen molar-refractivity contribution in [3.05, 3.63) is 38.8 Å². The number of nitro groups is 1. The van der Waals surface area contributed by atoms with E-state index in [1.54, 1.807) is 6.07 Å². The first-order chi connectivity index (χ1) is 11.7. The van der Waals surface area contributed by atoms with Gasteiger partial charge in [0.2, 0.25) is 0 Å². The lowest BCUT2D eigenvalue weighted by Crippen LogP contribution is -2.25. The Morgan fingerprint density at radius 1 is 1.25 bits per heavy atom. The van der Waals surface area contributed by atoms with E-state index in [2.05, 4.69) is 19.7 Å². The molecule has 0 saturated carbocycles. The van der Waals surface area contributed by atoms with Gasteiger partial charge >= 0.3 is 5.00 Å². The van der Waals surface area contributed by atoms with Crippen LogP contribution >= 0.6 is 11.3 Å². The van der Waals surface area contributed by atoms with E-state index in [-0.39, 0.29) is 16.0 Å². The van der Waals surface area contributed by atoms with Gasteiger partial charge in [-0.3, -0.25) is 15.0 Å². The summed E-state index contributed by atoms with van der Waals surface area (Å²) in [6.45, 7) is 2.78. The quantitative estimate of drug-likeness (QED) is 0.626. The van der Waals surface area contributed by atoms with Gasteiger partial charge in [-0.05, 0) is 37.8 Å². The summed E-state index contributed by atoms with van der Waals surface area (Å²) in [5, 5.41) is 21.9. The number of likely N-dealkylation sites (tertiary alicyclic amines) is 1. The molecule has 4 rings (SSSR count). The van der Waals surface area contributed by atoms with Gasteiger partial charge in [-0.1, -0.05) is 17.8 Å². The van der Waals surface area contributed by atoms with Crippen LogP contribution in [0, 0.1) is 10.1 Å². The molecule has 24 heavy (non-hydrogen) atoms. The molecule has 0 bridgehead atoms. The van der Waals surface area contributed by atoms with Crippen LogP contribution in [0.1, 0.15) is 55.4 Å². The third-order valence-corrected chi connectivity index (χ3v) is 5.93. The summed E-state index contributed by atoms with van der Waals surface area (Å²) in [5.41, 5.74) is 1.02. The van der Waals surface area contributed by atoms with E-state index in [4.69, 9.17) is 0 Å². The molecule has 0 aliphatic carbocycles. The van der Waals surface area contributed by atoms with Crippen molar-refractivity contribution in [3.63, 3.8) is 0 Å². The summed E-state index contributed by atoms with van der Waals surface area (Å²) in [5.74, 6) is 2.22. The minimum Gasteiger partial charge on any atom is -0.314 e. The monoisotopic (exact) mass is 347 g/mol. The lowest BCUT2D eigenvalue weighted by Gasteiger charge is -2.24. The number of thiophene rings is 1. The highest BCUT2D eigenvalue weighted by Crippen LogP contribution is 2.34. The second-order valence-corrected chi connectivity index (χ2v) is 7.51. The molecule has 1 atom stereocenters. The summed E-state index contributed by atoms with van der Waals surface area (Å²) in [6, 6.07) is 1.98. The van der Waals surface area contributed by atoms with Gasteiger partial charge in [-0.25, -0.2) is 0 Å². The van der Waals surface area contributed by atoms with Crippen LogP contribution in [0.3, 0.4) is 0 Å². The Kier molecular flexibility index (Phi) is 4.32. The molecule has 4 heterocycles. The fourth-order valence-electron chi connectivity index (χ4n) is 3.84. The highest BCUT2D eigenvalue weighted by atomic mass is 32.1. The smallest absolute Gasteiger partial charge is 0.314 e. The normalized spacial score (nSPS) is 21.6. The molecule has 0 radical (unpaired) electrons. The second kappa shape index (κ2) is 6.60. The molecule has 2 aromatic rings. The maximum Gasteiger partial charge on any atom is 0.324 e. The van der Waals surface area contributed by atoms with Crippen LogP contribution in [-0.2, 0) is 19.5 Å². The summed E-state index contributed by atoms with van der Waals surface area (Å²) in [7, 11) is 0. The topological polar surface area (TPSA) is 77.1 Å². The first kappa shape index (κ1) is 15.7. The summed E-state index contributed by atoms with van der Waals surface area (Å²) in [6.07, 6.45) is 6.90. The van der Waals surface area contributed by atoms with Gasteiger partial charge in [-0.15, -0.1) is 10.2 Å². The number of aryl methyl sites for hydroxylation is 1. The van der Waals surface area contributed by atoms with E-state index in [1.165, 1.54) is 30.6 Å². The van der Waals surface area contributed by atoms with Crippen LogP contribution in [0.2, 0.25) is 0 Å². The van der Waals surface area contributed by atoms with Crippen molar-refractivity contribution in [3.8, 4) is 0 Å². The van der Waals surface area contributed by atoms with Crippen molar-refractivity contribution in [1.82, 2.24) is 19.7 Å². The molecule has 0 aromatic carbocycles. The molecule has 1 fully saturated rings. The average Bonchev–Trinajstić information content (AvgIpc) is 3.25. The average molecular weight is 347 g/mol. The number of hydrogen-bond acceptors (Lipinski definition) is 6. The SMILES string of the molecule is O=[N+]([O-])c1cc(CN2CCC[C@@H]2c2nnc3n2CCCCC3)cs1. The zero-order valence-electron chi connectivity index (χ0n) is 13.6. The number of aromatic nitrogens is 3. The van der Waals surface area contributed by atoms with E-state index in [9.17, 15) is 10.1 Å². The molecule has 0 N–H and O–H groups in total. The predicted molar refractivity (Wildman–Crippen MR) is 90.9 cm³/mol. The highest BCUT2D eigenvalue weighted by Gasteiger charge is 2.31. The molecule has 2 aliphatic rings. The standard InChI is InChI=1S/C16H21N5O2S/c22-21(23)15-9-12(11-24-15)10-19-7-4-5-13(19)16-18-17-14-6-2-1-3-8-20(14)16/h9,11,13H,1-8,10H2/t13-/m1/s1. The van der Waals surface area contributed by atoms with Gasteiger partial charge in [0.1, 0.15) is 11.6 Å². The lowest BCUT2D eigenvalue weighted by molar-refractivity contribution is -0.380. The number of hydrogen-bond donors (Lipinski definition) is 0. The molecular weight excluding hydrogens is 326 g/mol. The number of fused-ring (bicyclic) bond motifs is 1. The Bertz CT molecular complexity index is 741. The van der Waals surface area contributed by atoms with Crippen molar-refractivity contribution < 1.29 is 4.92 Å². The lowest BCUT2D eigenvalue weighted by atomic mass is 10.2. The molecule has 1 saturated heterocycles. The predicted octanol–water partition coefficient (Wildman–Crippen LogP) is 3.31. The van der Waals surface area contributed by atoms with Gasteiger partial charge in [0, 0.05) is 31.0 Å². The molecule has 0 amide bonds. The minimum atomic E-state index is -0.311. The molecule has 0 spiro atoms. The zero-order valence-corrected chi connectivity index (χ0v) is 14.4. The fourth-order valence-corrected chi connectivity index (χ4v) is 4.56. The maximum atomic E-state index is 10.9. The third kappa shape index (κ3) is 2.95. The van der Waals surface area contributed by atoms with Crippen LogP contribution in [0.4, 0.5) is 5.00 Å². The van der Waals surface area contributed by atoms with E-state index >= 15 is 0 Å². The van der Waals surface area contributed by atoms with Gasteiger partial charge in [0.15, 0.2) is 0 Å². The molecule has 2 aliphatic heterocycles. The molecule has 7 nitrogen and oxygen atoms in total. The number of rotatable bonds is 4. The fraction of sp³-hybridized carbons (Fsp3) is 0.625. The summed E-state index contributed by atoms with van der Waals surface area (Å²) >= 11 is 1.21. The van der Waals surface area contributed by atoms with Gasteiger partial charge in [-0.2, -0.15) is 0 Å². The van der Waals surface area contributed by atoms with Crippen LogP contribution in [0.15, 0.2) is 11.4 Å². The first-order valence-corrected chi connectivity index (χ1v) is 9.48. The summed E-state index contributed by atoms with van der Waals surface area (Å²) < 4.78 is 2.33. The van der Waals surface area contributed by atoms with Crippen molar-refractivity contribution in [1.29, 1.82) is 0 Å². The largest absolute Gasteiger partial charge is 0.324 e. The maximum absolute atomic E-state index is 10.9. The van der Waals surface area contributed by atoms with Crippen LogP contribution in [0.5, 0.6) is 0 Å². The van der Waals surface area contributed by atoms with Gasteiger partial charge < -0.3 is 4.57 Å². The Hall–Kier alpha value is -1.80. The van der Waals surface area contributed by atoms with Crippen LogP contribution in [0.25, 0.3) is 0 Å². The van der Waals surface area contributed by atoms with Gasteiger partial charge in [0.25, 0.3) is 0 Å². The Morgan fingerprint density at radius 3 is 3.00 bits per heavy atom. The third-order valence-electron chi connectivity index (χ3n) is 5.01. The molecule has 8 heteroatoms.